The fraction of sp³-hybridized carbons (Fsp3) is 0.125. The zero-order valence-electron chi connectivity index (χ0n) is 12.3. The zero-order chi connectivity index (χ0) is 16.3. The number of rotatable bonds is 4. The van der Waals surface area contributed by atoms with Crippen molar-refractivity contribution in [2.24, 2.45) is 11.8 Å². The van der Waals surface area contributed by atoms with Crippen molar-refractivity contribution in [2.45, 2.75) is 13.8 Å². The molecule has 0 saturated heterocycles. The van der Waals surface area contributed by atoms with Gasteiger partial charge >= 0.3 is 0 Å². The Bertz CT molecular complexity index is 667. The van der Waals surface area contributed by atoms with Crippen LogP contribution in [0.4, 0.5) is 0 Å². The van der Waals surface area contributed by atoms with Gasteiger partial charge in [0.1, 0.15) is 11.5 Å². The van der Waals surface area contributed by atoms with E-state index in [9.17, 15) is 10.2 Å². The Morgan fingerprint density at radius 1 is 0.818 bits per heavy atom. The van der Waals surface area contributed by atoms with Crippen molar-refractivity contribution in [1.82, 2.24) is 0 Å². The van der Waals surface area contributed by atoms with E-state index in [0.29, 0.717) is 28.2 Å². The topological polar surface area (TPSA) is 111 Å². The summed E-state index contributed by atoms with van der Waals surface area (Å²) in [6, 6.07) is 10.2. The van der Waals surface area contributed by atoms with Crippen LogP contribution in [-0.4, -0.2) is 10.2 Å². The standard InChI is InChI=1S/C16H18N2O4/c1-9-7-11(3-5-13(9)21-17)15(16(19)20)12-4-6-14(22-18)10(2)8-12/h3-8,19-20H,17-18H2,1-2H3. The number of hydrogen-bond donors (Lipinski definition) is 4. The third kappa shape index (κ3) is 2.98. The first-order valence-corrected chi connectivity index (χ1v) is 6.55. The van der Waals surface area contributed by atoms with E-state index < -0.39 is 5.95 Å². The van der Waals surface area contributed by atoms with Gasteiger partial charge in [-0.15, -0.1) is 0 Å². The normalized spacial score (nSPS) is 10.2. The van der Waals surface area contributed by atoms with Crippen LogP contribution < -0.4 is 21.5 Å². The molecule has 6 N–H and O–H groups in total. The number of aliphatic hydroxyl groups excluding tert-OH is 1. The van der Waals surface area contributed by atoms with Gasteiger partial charge in [-0.2, -0.15) is 11.8 Å². The van der Waals surface area contributed by atoms with E-state index in [0.717, 1.165) is 11.1 Å². The third-order valence-electron chi connectivity index (χ3n) is 3.40. The van der Waals surface area contributed by atoms with Gasteiger partial charge in [0, 0.05) is 0 Å². The molecule has 0 bridgehead atoms. The minimum atomic E-state index is -0.776. The van der Waals surface area contributed by atoms with Gasteiger partial charge in [0.05, 0.1) is 5.57 Å². The molecule has 22 heavy (non-hydrogen) atoms. The lowest BCUT2D eigenvalue weighted by Crippen LogP contribution is -2.05. The SMILES string of the molecule is Cc1cc(C(=C(O)O)c2ccc(ON)c(C)c2)ccc1ON. The van der Waals surface area contributed by atoms with Crippen LogP contribution in [0, 0.1) is 13.8 Å². The molecule has 0 fully saturated rings. The van der Waals surface area contributed by atoms with Crippen LogP contribution in [0.1, 0.15) is 22.3 Å². The first kappa shape index (κ1) is 15.7. The Hall–Kier alpha value is -2.70. The van der Waals surface area contributed by atoms with Crippen molar-refractivity contribution < 1.29 is 19.9 Å². The molecule has 0 spiro atoms. The number of aryl methyl sites for hydroxylation is 2. The lowest BCUT2D eigenvalue weighted by Gasteiger charge is -2.12. The van der Waals surface area contributed by atoms with Crippen molar-refractivity contribution in [3.63, 3.8) is 0 Å². The van der Waals surface area contributed by atoms with Gasteiger partial charge in [0.25, 0.3) is 5.95 Å². The van der Waals surface area contributed by atoms with Gasteiger partial charge in [-0.3, -0.25) is 0 Å². The second-order valence-corrected chi connectivity index (χ2v) is 4.89. The van der Waals surface area contributed by atoms with Gasteiger partial charge in [0.15, 0.2) is 0 Å². The average molecular weight is 302 g/mol. The highest BCUT2D eigenvalue weighted by molar-refractivity contribution is 5.81. The molecular formula is C16H18N2O4. The van der Waals surface area contributed by atoms with Crippen LogP contribution in [0.3, 0.4) is 0 Å². The van der Waals surface area contributed by atoms with Gasteiger partial charge in [-0.1, -0.05) is 12.1 Å². The molecule has 0 radical (unpaired) electrons. The molecule has 2 aromatic carbocycles. The molecule has 0 saturated carbocycles. The number of hydrogen-bond acceptors (Lipinski definition) is 6. The number of aliphatic hydroxyl groups is 2. The monoisotopic (exact) mass is 302 g/mol. The van der Waals surface area contributed by atoms with Gasteiger partial charge in [0.2, 0.25) is 0 Å². The summed E-state index contributed by atoms with van der Waals surface area (Å²) in [6.45, 7) is 3.63. The maximum absolute atomic E-state index is 9.68. The lowest BCUT2D eigenvalue weighted by atomic mass is 9.95. The predicted molar refractivity (Wildman–Crippen MR) is 83.3 cm³/mol. The number of nitrogens with two attached hydrogens (primary N) is 2. The molecule has 0 atom stereocenters. The van der Waals surface area contributed by atoms with E-state index in [1.807, 2.05) is 13.8 Å². The summed E-state index contributed by atoms with van der Waals surface area (Å²) >= 11 is 0. The molecule has 0 amide bonds. The van der Waals surface area contributed by atoms with Crippen molar-refractivity contribution in [3.8, 4) is 11.5 Å². The van der Waals surface area contributed by atoms with E-state index in [1.54, 1.807) is 36.4 Å². The highest BCUT2D eigenvalue weighted by Gasteiger charge is 2.14. The summed E-state index contributed by atoms with van der Waals surface area (Å²) in [6.07, 6.45) is 0. The fourth-order valence-corrected chi connectivity index (χ4v) is 2.30. The molecular weight excluding hydrogens is 284 g/mol. The Morgan fingerprint density at radius 3 is 1.50 bits per heavy atom. The van der Waals surface area contributed by atoms with Crippen molar-refractivity contribution in [2.75, 3.05) is 0 Å². The first-order valence-electron chi connectivity index (χ1n) is 6.55. The molecule has 0 heterocycles. The summed E-state index contributed by atoms with van der Waals surface area (Å²) < 4.78 is 0. The van der Waals surface area contributed by atoms with Crippen LogP contribution in [-0.2, 0) is 0 Å². The first-order chi connectivity index (χ1) is 10.5. The smallest absolute Gasteiger partial charge is 0.282 e. The second kappa shape index (κ2) is 6.38. The maximum atomic E-state index is 9.68. The van der Waals surface area contributed by atoms with Gasteiger partial charge in [-0.25, -0.2) is 0 Å². The Labute approximate surface area is 128 Å². The van der Waals surface area contributed by atoms with Crippen LogP contribution in [0.25, 0.3) is 5.57 Å². The molecule has 0 unspecified atom stereocenters. The van der Waals surface area contributed by atoms with Crippen molar-refractivity contribution in [3.05, 3.63) is 64.6 Å². The second-order valence-electron chi connectivity index (χ2n) is 4.89. The molecule has 2 rings (SSSR count). The van der Waals surface area contributed by atoms with Crippen LogP contribution in [0.2, 0.25) is 0 Å². The molecule has 116 valence electrons. The van der Waals surface area contributed by atoms with Crippen LogP contribution in [0.15, 0.2) is 42.3 Å². The van der Waals surface area contributed by atoms with Crippen LogP contribution in [0.5, 0.6) is 11.5 Å². The lowest BCUT2D eigenvalue weighted by molar-refractivity contribution is 0.194. The summed E-state index contributed by atoms with van der Waals surface area (Å²) in [7, 11) is 0. The quantitative estimate of drug-likeness (QED) is 0.510. The van der Waals surface area contributed by atoms with Gasteiger partial charge in [-0.05, 0) is 60.4 Å². The zero-order valence-corrected chi connectivity index (χ0v) is 12.3. The van der Waals surface area contributed by atoms with Crippen LogP contribution >= 0.6 is 0 Å². The van der Waals surface area contributed by atoms with E-state index in [4.69, 9.17) is 21.5 Å². The Kier molecular flexibility index (Phi) is 4.55. The molecule has 0 aliphatic rings. The molecule has 2 aromatic rings. The predicted octanol–water partition coefficient (Wildman–Crippen LogP) is 2.64. The summed E-state index contributed by atoms with van der Waals surface area (Å²) in [4.78, 5) is 9.45. The summed E-state index contributed by atoms with van der Waals surface area (Å²) in [5, 5.41) is 19.4. The third-order valence-corrected chi connectivity index (χ3v) is 3.40. The molecule has 6 heteroatoms. The van der Waals surface area contributed by atoms with E-state index in [2.05, 4.69) is 0 Å². The number of benzene rings is 2. The minimum absolute atomic E-state index is 0.290. The highest BCUT2D eigenvalue weighted by atomic mass is 16.6. The Balaban J connectivity index is 2.55. The molecule has 0 aliphatic carbocycles. The van der Waals surface area contributed by atoms with Crippen molar-refractivity contribution >= 4 is 5.57 Å². The fourth-order valence-electron chi connectivity index (χ4n) is 2.30. The average Bonchev–Trinajstić information content (AvgIpc) is 2.47. The molecule has 6 nitrogen and oxygen atoms in total. The van der Waals surface area contributed by atoms with E-state index >= 15 is 0 Å². The summed E-state index contributed by atoms with van der Waals surface area (Å²) in [5.74, 6) is 10.6. The van der Waals surface area contributed by atoms with Crippen molar-refractivity contribution in [1.29, 1.82) is 0 Å². The summed E-state index contributed by atoms with van der Waals surface area (Å²) in [5.41, 5.74) is 3.09. The van der Waals surface area contributed by atoms with E-state index in [1.165, 1.54) is 0 Å². The highest BCUT2D eigenvalue weighted by Crippen LogP contribution is 2.31. The maximum Gasteiger partial charge on any atom is 0.282 e. The molecule has 0 aliphatic heterocycles. The van der Waals surface area contributed by atoms with Gasteiger partial charge < -0.3 is 19.9 Å². The Morgan fingerprint density at radius 2 is 1.23 bits per heavy atom. The molecule has 0 aromatic heterocycles. The minimum Gasteiger partial charge on any atom is -0.481 e. The largest absolute Gasteiger partial charge is 0.481 e. The van der Waals surface area contributed by atoms with E-state index in [-0.39, 0.29) is 0 Å².